The van der Waals surface area contributed by atoms with Crippen molar-refractivity contribution >= 4 is 53.0 Å². The summed E-state index contributed by atoms with van der Waals surface area (Å²) in [4.78, 5) is 61.4. The number of carboxylic acid groups (broad SMARTS) is 1. The molecule has 1 saturated carbocycles. The van der Waals surface area contributed by atoms with E-state index in [1.54, 1.807) is 19.1 Å². The summed E-state index contributed by atoms with van der Waals surface area (Å²) in [6.45, 7) is 2.29. The SMILES string of the molecule is Cc1cc(SCC(=O)N[C@@H]2C(=O)N3C(C(=O)O)=C(C(=C4CCNC4=O)C4CC4)CS[C@H]23)n2nc(-c3ccc(O)c(O)c3)nc2n1.[H-].[Na+]. The number of carboxylic acids is 1. The van der Waals surface area contributed by atoms with Gasteiger partial charge in [0, 0.05) is 29.1 Å². The van der Waals surface area contributed by atoms with Gasteiger partial charge < -0.3 is 27.4 Å². The first-order valence-corrected chi connectivity index (χ1v) is 16.3. The van der Waals surface area contributed by atoms with Crippen LogP contribution in [0.5, 0.6) is 11.5 Å². The molecule has 2 atom stereocenters. The molecule has 4 aliphatic rings. The molecule has 3 fully saturated rings. The molecule has 2 aromatic heterocycles. The number of aromatic hydroxyl groups is 2. The van der Waals surface area contributed by atoms with E-state index in [1.807, 2.05) is 0 Å². The maximum atomic E-state index is 13.3. The zero-order chi connectivity index (χ0) is 31.6. The van der Waals surface area contributed by atoms with Crippen LogP contribution in [-0.2, 0) is 19.2 Å². The standard InChI is InChI=1S/C29H27N7O7S2.Na.H/c1-12-8-20(36-29(31-12)33-24(34-36)14-4-5-17(37)18(38)9-14)44-11-19(39)32-22-26(41)35-23(28(42)43)16(10-45-27(22)35)21(13-2-3-13)15-6-7-30-25(15)40;;/h4-5,8-9,13,22,27,37-38H,2-3,6-7,10-11H2,1H3,(H,30,40)(H,32,39)(H,42,43);;/q;+1;-1/t22-,27-;;/m1../s1. The van der Waals surface area contributed by atoms with Crippen LogP contribution in [0.1, 0.15) is 26.4 Å². The number of carbonyl (C=O) groups is 4. The predicted molar refractivity (Wildman–Crippen MR) is 163 cm³/mol. The summed E-state index contributed by atoms with van der Waals surface area (Å²) in [6.07, 6.45) is 2.28. The van der Waals surface area contributed by atoms with Crippen molar-refractivity contribution in [3.8, 4) is 22.9 Å². The van der Waals surface area contributed by atoms with E-state index >= 15 is 0 Å². The molecule has 2 saturated heterocycles. The Morgan fingerprint density at radius 1 is 1.17 bits per heavy atom. The van der Waals surface area contributed by atoms with Crippen LogP contribution in [0.2, 0.25) is 0 Å². The summed E-state index contributed by atoms with van der Waals surface area (Å²) in [6, 6.07) is 5.08. The molecule has 0 radical (unpaired) electrons. The van der Waals surface area contributed by atoms with E-state index in [-0.39, 0.29) is 77.4 Å². The van der Waals surface area contributed by atoms with Crippen LogP contribution < -0.4 is 40.2 Å². The van der Waals surface area contributed by atoms with E-state index in [2.05, 4.69) is 25.7 Å². The van der Waals surface area contributed by atoms with Gasteiger partial charge in [0.25, 0.3) is 11.7 Å². The van der Waals surface area contributed by atoms with Crippen molar-refractivity contribution in [3.63, 3.8) is 0 Å². The summed E-state index contributed by atoms with van der Waals surface area (Å²) in [5.74, 6) is -1.99. The summed E-state index contributed by atoms with van der Waals surface area (Å²) in [7, 11) is 0. The molecular weight excluding hydrogens is 645 g/mol. The number of hydrogen-bond acceptors (Lipinski definition) is 11. The molecule has 3 aliphatic heterocycles. The summed E-state index contributed by atoms with van der Waals surface area (Å²) in [5, 5.41) is 39.7. The van der Waals surface area contributed by atoms with Crippen LogP contribution in [-0.4, -0.2) is 93.0 Å². The van der Waals surface area contributed by atoms with Crippen LogP contribution in [0, 0.1) is 12.8 Å². The number of aromatic nitrogens is 4. The Morgan fingerprint density at radius 3 is 2.63 bits per heavy atom. The number of β-lactam (4-membered cyclic amide) rings is 1. The first-order valence-electron chi connectivity index (χ1n) is 14.2. The molecule has 7 rings (SSSR count). The second-order valence-corrected chi connectivity index (χ2v) is 13.2. The quantitative estimate of drug-likeness (QED) is 0.0473. The number of phenols is 2. The number of aryl methyl sites for hydroxylation is 1. The van der Waals surface area contributed by atoms with Crippen molar-refractivity contribution in [2.24, 2.45) is 5.92 Å². The number of amides is 3. The zero-order valence-corrected chi connectivity index (χ0v) is 28.4. The second-order valence-electron chi connectivity index (χ2n) is 11.1. The van der Waals surface area contributed by atoms with Crippen molar-refractivity contribution in [1.29, 1.82) is 0 Å². The number of hydrogen-bond donors (Lipinski definition) is 5. The Balaban J connectivity index is 0.00000217. The monoisotopic (exact) mass is 673 g/mol. The minimum Gasteiger partial charge on any atom is -1.00 e. The zero-order valence-electron chi connectivity index (χ0n) is 25.8. The van der Waals surface area contributed by atoms with Gasteiger partial charge in [0.05, 0.1) is 5.75 Å². The molecule has 0 spiro atoms. The van der Waals surface area contributed by atoms with Gasteiger partial charge in [0.2, 0.25) is 11.8 Å². The molecule has 17 heteroatoms. The van der Waals surface area contributed by atoms with Crippen LogP contribution in [0.3, 0.4) is 0 Å². The smallest absolute Gasteiger partial charge is 1.00 e. The van der Waals surface area contributed by atoms with Crippen molar-refractivity contribution in [1.82, 2.24) is 35.1 Å². The van der Waals surface area contributed by atoms with Crippen LogP contribution in [0.15, 0.2) is 51.7 Å². The second kappa shape index (κ2) is 12.6. The molecule has 0 unspecified atom stereocenters. The Morgan fingerprint density at radius 2 is 1.96 bits per heavy atom. The molecule has 5 heterocycles. The molecule has 5 N–H and O–H groups in total. The van der Waals surface area contributed by atoms with Gasteiger partial charge in [-0.2, -0.15) is 9.50 Å². The van der Waals surface area contributed by atoms with Gasteiger partial charge in [-0.05, 0) is 67.5 Å². The summed E-state index contributed by atoms with van der Waals surface area (Å²) < 4.78 is 1.47. The van der Waals surface area contributed by atoms with E-state index in [1.165, 1.54) is 45.1 Å². The maximum absolute atomic E-state index is 13.3. The topological polar surface area (TPSA) is 199 Å². The number of fused-ring (bicyclic) bond motifs is 2. The summed E-state index contributed by atoms with van der Waals surface area (Å²) >= 11 is 2.55. The van der Waals surface area contributed by atoms with Crippen LogP contribution >= 0.6 is 23.5 Å². The molecule has 14 nitrogen and oxygen atoms in total. The Labute approximate surface area is 293 Å². The van der Waals surface area contributed by atoms with Crippen molar-refractivity contribution in [2.75, 3.05) is 18.1 Å². The first-order chi connectivity index (χ1) is 21.6. The number of nitrogens with one attached hydrogen (secondary N) is 2. The van der Waals surface area contributed by atoms with E-state index in [0.29, 0.717) is 46.1 Å². The van der Waals surface area contributed by atoms with Gasteiger partial charge in [0.15, 0.2) is 17.3 Å². The van der Waals surface area contributed by atoms with E-state index in [0.717, 1.165) is 18.4 Å². The largest absolute Gasteiger partial charge is 1.00 e. The van der Waals surface area contributed by atoms with Crippen LogP contribution in [0.25, 0.3) is 17.2 Å². The average Bonchev–Trinajstić information content (AvgIpc) is 3.61. The van der Waals surface area contributed by atoms with E-state index in [9.17, 15) is 34.5 Å². The third-order valence-corrected chi connectivity index (χ3v) is 10.3. The molecule has 1 aromatic carbocycles. The number of aliphatic carboxylic acids is 1. The normalized spacial score (nSPS) is 21.8. The van der Waals surface area contributed by atoms with E-state index in [4.69, 9.17) is 0 Å². The molecular formula is C29H28N7NaO7S2. The number of benzene rings is 1. The fourth-order valence-corrected chi connectivity index (χ4v) is 8.07. The number of nitrogens with zero attached hydrogens (tertiary/aromatic N) is 5. The minimum atomic E-state index is -1.23. The Hall–Kier alpha value is -3.57. The molecule has 46 heavy (non-hydrogen) atoms. The third kappa shape index (κ3) is 5.76. The molecule has 1 aliphatic carbocycles. The molecule has 3 amide bonds. The van der Waals surface area contributed by atoms with Gasteiger partial charge in [-0.15, -0.1) is 16.9 Å². The number of allylic oxidation sites excluding steroid dienone is 1. The average molecular weight is 674 g/mol. The first kappa shape index (κ1) is 32.4. The third-order valence-electron chi connectivity index (χ3n) is 8.05. The number of thioether (sulfide) groups is 2. The van der Waals surface area contributed by atoms with E-state index < -0.39 is 29.2 Å². The number of rotatable bonds is 8. The van der Waals surface area contributed by atoms with Crippen LogP contribution in [0.4, 0.5) is 0 Å². The number of carbonyl (C=O) groups excluding carboxylic acids is 3. The molecule has 3 aromatic rings. The molecule has 234 valence electrons. The van der Waals surface area contributed by atoms with Gasteiger partial charge in [-0.1, -0.05) is 11.8 Å². The minimum absolute atomic E-state index is 0. The molecule has 0 bridgehead atoms. The fourth-order valence-electron chi connectivity index (χ4n) is 5.85. The van der Waals surface area contributed by atoms with Crippen molar-refractivity contribution in [2.45, 2.75) is 42.6 Å². The number of phenolic OH excluding ortho intramolecular Hbond substituents is 2. The van der Waals surface area contributed by atoms with Gasteiger partial charge in [0.1, 0.15) is 22.1 Å². The Bertz CT molecular complexity index is 1900. The van der Waals surface area contributed by atoms with Crippen molar-refractivity contribution < 1.29 is 65.5 Å². The predicted octanol–water partition coefficient (Wildman–Crippen LogP) is -1.32. The van der Waals surface area contributed by atoms with Gasteiger partial charge >= 0.3 is 35.5 Å². The van der Waals surface area contributed by atoms with Gasteiger partial charge in [-0.3, -0.25) is 19.3 Å². The van der Waals surface area contributed by atoms with Crippen molar-refractivity contribution in [3.05, 3.63) is 52.4 Å². The van der Waals surface area contributed by atoms with Gasteiger partial charge in [-0.25, -0.2) is 9.78 Å². The summed E-state index contributed by atoms with van der Waals surface area (Å²) in [5.41, 5.74) is 2.91. The fraction of sp³-hybridized carbons (Fsp3) is 0.345. The maximum Gasteiger partial charge on any atom is 1.00 e. The Kier molecular flexibility index (Phi) is 8.84.